The number of sulfonamides is 1. The van der Waals surface area contributed by atoms with Gasteiger partial charge in [0.1, 0.15) is 6.54 Å². The van der Waals surface area contributed by atoms with Crippen molar-refractivity contribution in [3.63, 3.8) is 0 Å². The Morgan fingerprint density at radius 3 is 2.43 bits per heavy atom. The third kappa shape index (κ3) is 4.86. The summed E-state index contributed by atoms with van der Waals surface area (Å²) in [4.78, 5) is 12.2. The van der Waals surface area contributed by atoms with Crippen molar-refractivity contribution in [2.75, 3.05) is 22.4 Å². The van der Waals surface area contributed by atoms with Crippen LogP contribution >= 0.6 is 23.2 Å². The van der Waals surface area contributed by atoms with Gasteiger partial charge in [-0.1, -0.05) is 41.4 Å². The van der Waals surface area contributed by atoms with Crippen LogP contribution in [0.25, 0.3) is 0 Å². The fourth-order valence-corrected chi connectivity index (χ4v) is 3.13. The topological polar surface area (TPSA) is 66.5 Å². The molecule has 2 aromatic carbocycles. The first kappa shape index (κ1) is 17.6. The molecule has 0 heterocycles. The SMILES string of the molecule is CS(=O)(=O)N(CC(=O)Nc1ccccc1Cl)c1cccc(Cl)c1. The summed E-state index contributed by atoms with van der Waals surface area (Å²) in [7, 11) is -3.65. The molecule has 0 aromatic heterocycles. The molecule has 0 saturated heterocycles. The van der Waals surface area contributed by atoms with Crippen LogP contribution in [0, 0.1) is 0 Å². The van der Waals surface area contributed by atoms with Crippen LogP contribution in [0.4, 0.5) is 11.4 Å². The third-order valence-electron chi connectivity index (χ3n) is 2.93. The van der Waals surface area contributed by atoms with Gasteiger partial charge in [0.15, 0.2) is 0 Å². The Bertz CT molecular complexity index is 825. The molecule has 0 atom stereocenters. The van der Waals surface area contributed by atoms with E-state index in [0.717, 1.165) is 10.6 Å². The summed E-state index contributed by atoms with van der Waals surface area (Å²) in [5.41, 5.74) is 0.730. The maximum atomic E-state index is 12.2. The van der Waals surface area contributed by atoms with Crippen molar-refractivity contribution in [1.29, 1.82) is 0 Å². The largest absolute Gasteiger partial charge is 0.323 e. The van der Waals surface area contributed by atoms with Gasteiger partial charge in [-0.2, -0.15) is 0 Å². The predicted molar refractivity (Wildman–Crippen MR) is 93.7 cm³/mol. The second-order valence-corrected chi connectivity index (χ2v) is 7.53. The second-order valence-electron chi connectivity index (χ2n) is 4.78. The lowest BCUT2D eigenvalue weighted by Crippen LogP contribution is -2.37. The molecular weight excluding hydrogens is 359 g/mol. The summed E-state index contributed by atoms with van der Waals surface area (Å²) in [6.45, 7) is -0.385. The molecule has 0 aliphatic heterocycles. The summed E-state index contributed by atoms with van der Waals surface area (Å²) >= 11 is 11.9. The highest BCUT2D eigenvalue weighted by Crippen LogP contribution is 2.23. The number of benzene rings is 2. The van der Waals surface area contributed by atoms with Crippen LogP contribution in [0.2, 0.25) is 10.0 Å². The number of hydrogen-bond donors (Lipinski definition) is 1. The van der Waals surface area contributed by atoms with Crippen LogP contribution < -0.4 is 9.62 Å². The van der Waals surface area contributed by atoms with Gasteiger partial charge >= 0.3 is 0 Å². The molecule has 1 N–H and O–H groups in total. The molecule has 0 fully saturated rings. The van der Waals surface area contributed by atoms with Crippen molar-refractivity contribution >= 4 is 50.5 Å². The zero-order valence-corrected chi connectivity index (χ0v) is 14.5. The first-order valence-corrected chi connectivity index (χ1v) is 9.15. The van der Waals surface area contributed by atoms with E-state index in [9.17, 15) is 13.2 Å². The summed E-state index contributed by atoms with van der Waals surface area (Å²) in [5.74, 6) is -0.511. The lowest BCUT2D eigenvalue weighted by Gasteiger charge is -2.22. The Balaban J connectivity index is 2.22. The number of nitrogens with zero attached hydrogens (tertiary/aromatic N) is 1. The molecule has 0 unspecified atom stereocenters. The number of nitrogens with one attached hydrogen (secondary N) is 1. The standard InChI is InChI=1S/C15H14Cl2N2O3S/c1-23(21,22)19(12-6-4-5-11(16)9-12)10-15(20)18-14-8-3-2-7-13(14)17/h2-9H,10H2,1H3,(H,18,20). The van der Waals surface area contributed by atoms with Gasteiger partial charge in [0.25, 0.3) is 0 Å². The van der Waals surface area contributed by atoms with Crippen molar-refractivity contribution < 1.29 is 13.2 Å². The van der Waals surface area contributed by atoms with E-state index in [1.165, 1.54) is 6.07 Å². The molecule has 0 radical (unpaired) electrons. The highest BCUT2D eigenvalue weighted by atomic mass is 35.5. The molecule has 0 saturated carbocycles. The van der Waals surface area contributed by atoms with Crippen LogP contribution in [0.15, 0.2) is 48.5 Å². The number of rotatable bonds is 5. The Labute approximate surface area is 144 Å². The van der Waals surface area contributed by atoms with Gasteiger partial charge in [0.05, 0.1) is 22.7 Å². The molecule has 0 aliphatic carbocycles. The minimum absolute atomic E-state index is 0.314. The number of halogens is 2. The Hall–Kier alpha value is -1.76. The molecule has 0 aliphatic rings. The van der Waals surface area contributed by atoms with Crippen molar-refractivity contribution in [3.05, 3.63) is 58.6 Å². The van der Waals surface area contributed by atoms with E-state index < -0.39 is 15.9 Å². The fourth-order valence-electron chi connectivity index (χ4n) is 1.91. The van der Waals surface area contributed by atoms with Gasteiger partial charge < -0.3 is 5.32 Å². The minimum Gasteiger partial charge on any atom is -0.323 e. The third-order valence-corrected chi connectivity index (χ3v) is 4.64. The molecule has 23 heavy (non-hydrogen) atoms. The van der Waals surface area contributed by atoms with E-state index in [2.05, 4.69) is 5.32 Å². The molecule has 0 bridgehead atoms. The number of anilines is 2. The Kier molecular flexibility index (Phi) is 5.51. The number of para-hydroxylation sites is 1. The maximum absolute atomic E-state index is 12.2. The summed E-state index contributed by atoms with van der Waals surface area (Å²) in [5, 5.41) is 3.33. The number of amides is 1. The van der Waals surface area contributed by atoms with E-state index in [1.807, 2.05) is 0 Å². The van der Waals surface area contributed by atoms with E-state index in [0.29, 0.717) is 21.4 Å². The molecular formula is C15H14Cl2N2O3S. The highest BCUT2D eigenvalue weighted by molar-refractivity contribution is 7.92. The lowest BCUT2D eigenvalue weighted by atomic mass is 10.3. The smallest absolute Gasteiger partial charge is 0.245 e. The van der Waals surface area contributed by atoms with Crippen LogP contribution in [0.3, 0.4) is 0 Å². The lowest BCUT2D eigenvalue weighted by molar-refractivity contribution is -0.114. The van der Waals surface area contributed by atoms with Crippen molar-refractivity contribution in [2.45, 2.75) is 0 Å². The number of hydrogen-bond acceptors (Lipinski definition) is 3. The molecule has 2 rings (SSSR count). The van der Waals surface area contributed by atoms with Crippen molar-refractivity contribution in [1.82, 2.24) is 0 Å². The molecule has 122 valence electrons. The average Bonchev–Trinajstić information content (AvgIpc) is 2.46. The summed E-state index contributed by atoms with van der Waals surface area (Å²) in [6, 6.07) is 13.0. The average molecular weight is 373 g/mol. The van der Waals surface area contributed by atoms with Gasteiger partial charge in [-0.05, 0) is 30.3 Å². The quantitative estimate of drug-likeness (QED) is 0.874. The van der Waals surface area contributed by atoms with Gasteiger partial charge in [0, 0.05) is 5.02 Å². The van der Waals surface area contributed by atoms with Crippen LogP contribution in [0.5, 0.6) is 0 Å². The van der Waals surface area contributed by atoms with Crippen LogP contribution in [-0.4, -0.2) is 27.1 Å². The van der Waals surface area contributed by atoms with E-state index in [4.69, 9.17) is 23.2 Å². The van der Waals surface area contributed by atoms with Crippen LogP contribution in [0.1, 0.15) is 0 Å². The molecule has 0 spiro atoms. The van der Waals surface area contributed by atoms with Crippen molar-refractivity contribution in [3.8, 4) is 0 Å². The first-order chi connectivity index (χ1) is 10.8. The normalized spacial score (nSPS) is 11.1. The first-order valence-electron chi connectivity index (χ1n) is 6.55. The fraction of sp³-hybridized carbons (Fsp3) is 0.133. The van der Waals surface area contributed by atoms with Gasteiger partial charge in [0.2, 0.25) is 15.9 Å². The molecule has 1 amide bonds. The highest BCUT2D eigenvalue weighted by Gasteiger charge is 2.21. The summed E-state index contributed by atoms with van der Waals surface area (Å²) < 4.78 is 24.9. The van der Waals surface area contributed by atoms with E-state index in [-0.39, 0.29) is 6.54 Å². The number of carbonyl (C=O) groups is 1. The van der Waals surface area contributed by atoms with Crippen molar-refractivity contribution in [2.24, 2.45) is 0 Å². The van der Waals surface area contributed by atoms with Gasteiger partial charge in [-0.3, -0.25) is 9.10 Å². The zero-order chi connectivity index (χ0) is 17.0. The second kappa shape index (κ2) is 7.21. The van der Waals surface area contributed by atoms with Crippen LogP contribution in [-0.2, 0) is 14.8 Å². The minimum atomic E-state index is -3.65. The van der Waals surface area contributed by atoms with Gasteiger partial charge in [-0.25, -0.2) is 8.42 Å². The summed E-state index contributed by atoms with van der Waals surface area (Å²) in [6.07, 6.45) is 1.02. The van der Waals surface area contributed by atoms with E-state index >= 15 is 0 Å². The monoisotopic (exact) mass is 372 g/mol. The maximum Gasteiger partial charge on any atom is 0.245 e. The van der Waals surface area contributed by atoms with Gasteiger partial charge in [-0.15, -0.1) is 0 Å². The molecule has 2 aromatic rings. The molecule has 5 nitrogen and oxygen atoms in total. The number of carbonyl (C=O) groups excluding carboxylic acids is 1. The Morgan fingerprint density at radius 2 is 1.83 bits per heavy atom. The predicted octanol–water partition coefficient (Wildman–Crippen LogP) is 3.40. The van der Waals surface area contributed by atoms with E-state index in [1.54, 1.807) is 42.5 Å². The molecule has 8 heteroatoms. The Morgan fingerprint density at radius 1 is 1.13 bits per heavy atom. The zero-order valence-electron chi connectivity index (χ0n) is 12.2.